The quantitative estimate of drug-likeness (QED) is 0.476. The van der Waals surface area contributed by atoms with Crippen molar-refractivity contribution in [2.24, 2.45) is 5.73 Å². The van der Waals surface area contributed by atoms with Crippen molar-refractivity contribution in [2.75, 3.05) is 0 Å². The number of ether oxygens (including phenoxy) is 2. The van der Waals surface area contributed by atoms with Gasteiger partial charge in [-0.15, -0.1) is 0 Å². The number of carbonyl (C=O) groups is 2. The Hall–Kier alpha value is -2.81. The lowest BCUT2D eigenvalue weighted by Crippen LogP contribution is -2.54. The molecule has 1 aliphatic rings. The fourth-order valence-corrected chi connectivity index (χ4v) is 3.27. The van der Waals surface area contributed by atoms with Crippen LogP contribution in [0, 0.1) is 0 Å². The number of hydrogen-bond donors (Lipinski definition) is 4. The maximum atomic E-state index is 11.3. The number of hydrogen-bond acceptors (Lipinski definition) is 6. The molecule has 2 atom stereocenters. The Balaban J connectivity index is 1.60. The summed E-state index contributed by atoms with van der Waals surface area (Å²) in [6, 6.07) is 11.3. The van der Waals surface area contributed by atoms with Gasteiger partial charge in [0.2, 0.25) is 0 Å². The molecular weight excluding hydrogens is 402 g/mol. The number of aliphatic carboxylic acids is 2. The number of fused-ring (bicyclic) bond motifs is 1. The second-order valence-electron chi connectivity index (χ2n) is 6.82. The third-order valence-corrected chi connectivity index (χ3v) is 4.88. The van der Waals surface area contributed by atoms with Crippen LogP contribution in [0.4, 0.5) is 0 Å². The number of aliphatic hydroxyl groups is 1. The van der Waals surface area contributed by atoms with Crippen LogP contribution in [0.15, 0.2) is 42.5 Å². The topological polar surface area (TPSA) is 139 Å². The number of aliphatic hydroxyl groups excluding tert-OH is 1. The van der Waals surface area contributed by atoms with Crippen LogP contribution < -0.4 is 15.2 Å². The van der Waals surface area contributed by atoms with Gasteiger partial charge in [-0.1, -0.05) is 29.8 Å². The van der Waals surface area contributed by atoms with Crippen LogP contribution in [0.5, 0.6) is 11.5 Å². The summed E-state index contributed by atoms with van der Waals surface area (Å²) in [5, 5.41) is 29.2. The van der Waals surface area contributed by atoms with Crippen molar-refractivity contribution in [2.45, 2.75) is 37.2 Å². The summed E-state index contributed by atoms with van der Waals surface area (Å²) in [6.07, 6.45) is 0.659. The molecule has 1 heterocycles. The predicted octanol–water partition coefficient (Wildman–Crippen LogP) is 2.36. The standard InChI is InChI=1S/C20H20ClNO7/c21-13-3-1-2-12(9-13)15(23)10-14(22)6-4-11-5-7-16-17(8-11)29-20(28-16,18(24)25)19(26)27/h1-3,5,7-9,14-15,23H,4,6,10,22H2,(H,24,25)(H,26,27)/t14-,15-/m1/s1. The molecule has 0 aromatic heterocycles. The zero-order valence-electron chi connectivity index (χ0n) is 15.2. The van der Waals surface area contributed by atoms with E-state index in [0.717, 1.165) is 5.56 Å². The second kappa shape index (κ2) is 8.28. The molecular formula is C20H20ClNO7. The Morgan fingerprint density at radius 3 is 2.41 bits per heavy atom. The fourth-order valence-electron chi connectivity index (χ4n) is 3.08. The summed E-state index contributed by atoms with van der Waals surface area (Å²) in [5.74, 6) is -6.20. The van der Waals surface area contributed by atoms with Crippen molar-refractivity contribution < 1.29 is 34.4 Å². The SMILES string of the molecule is N[C@H](CCc1ccc2c(c1)OC(C(=O)O)(C(=O)O)O2)C[C@@H](O)c1cccc(Cl)c1. The third kappa shape index (κ3) is 4.45. The molecule has 0 unspecified atom stereocenters. The molecule has 5 N–H and O–H groups in total. The van der Waals surface area contributed by atoms with E-state index in [0.29, 0.717) is 29.8 Å². The first-order valence-electron chi connectivity index (χ1n) is 8.88. The molecule has 154 valence electrons. The highest BCUT2D eigenvalue weighted by Crippen LogP contribution is 2.40. The Kier molecular flexibility index (Phi) is 5.97. The van der Waals surface area contributed by atoms with Crippen LogP contribution in [-0.2, 0) is 16.0 Å². The number of rotatable bonds is 8. The van der Waals surface area contributed by atoms with E-state index in [2.05, 4.69) is 0 Å². The fraction of sp³-hybridized carbons (Fsp3) is 0.300. The van der Waals surface area contributed by atoms with Gasteiger partial charge in [0.15, 0.2) is 11.5 Å². The largest absolute Gasteiger partial charge is 0.475 e. The van der Waals surface area contributed by atoms with Crippen molar-refractivity contribution in [1.82, 2.24) is 0 Å². The van der Waals surface area contributed by atoms with Crippen LogP contribution in [0.1, 0.15) is 30.1 Å². The van der Waals surface area contributed by atoms with Gasteiger partial charge in [0.05, 0.1) is 6.10 Å². The van der Waals surface area contributed by atoms with E-state index in [-0.39, 0.29) is 17.5 Å². The van der Waals surface area contributed by atoms with Crippen molar-refractivity contribution in [3.8, 4) is 11.5 Å². The van der Waals surface area contributed by atoms with Gasteiger partial charge < -0.3 is 30.5 Å². The Bertz CT molecular complexity index is 919. The highest BCUT2D eigenvalue weighted by Gasteiger charge is 2.57. The Morgan fingerprint density at radius 1 is 1.07 bits per heavy atom. The van der Waals surface area contributed by atoms with Crippen molar-refractivity contribution in [3.05, 3.63) is 58.6 Å². The lowest BCUT2D eigenvalue weighted by Gasteiger charge is -2.17. The molecule has 2 aromatic carbocycles. The lowest BCUT2D eigenvalue weighted by molar-refractivity contribution is -0.194. The molecule has 3 rings (SSSR count). The second-order valence-corrected chi connectivity index (χ2v) is 7.25. The molecule has 0 bridgehead atoms. The monoisotopic (exact) mass is 421 g/mol. The molecule has 0 radical (unpaired) electrons. The van der Waals surface area contributed by atoms with Gasteiger partial charge in [-0.05, 0) is 54.7 Å². The molecule has 1 aliphatic heterocycles. The molecule has 0 spiro atoms. The Labute approximate surface area is 171 Å². The molecule has 0 fully saturated rings. The van der Waals surface area contributed by atoms with E-state index >= 15 is 0 Å². The number of carboxylic acid groups (broad SMARTS) is 2. The van der Waals surface area contributed by atoms with Crippen LogP contribution in [0.2, 0.25) is 5.02 Å². The van der Waals surface area contributed by atoms with Gasteiger partial charge in [0.25, 0.3) is 0 Å². The van der Waals surface area contributed by atoms with E-state index in [1.165, 1.54) is 12.1 Å². The van der Waals surface area contributed by atoms with Crippen LogP contribution >= 0.6 is 11.6 Å². The predicted molar refractivity (Wildman–Crippen MR) is 103 cm³/mol. The number of carboxylic acids is 2. The number of benzene rings is 2. The molecule has 0 aliphatic carbocycles. The maximum Gasteiger partial charge on any atom is 0.453 e. The summed E-state index contributed by atoms with van der Waals surface area (Å²) in [7, 11) is 0. The molecule has 9 heteroatoms. The summed E-state index contributed by atoms with van der Waals surface area (Å²) in [5.41, 5.74) is 7.59. The van der Waals surface area contributed by atoms with E-state index in [1.807, 2.05) is 0 Å². The summed E-state index contributed by atoms with van der Waals surface area (Å²) in [4.78, 5) is 22.6. The van der Waals surface area contributed by atoms with Gasteiger partial charge in [-0.3, -0.25) is 0 Å². The first-order valence-corrected chi connectivity index (χ1v) is 9.26. The van der Waals surface area contributed by atoms with Gasteiger partial charge >= 0.3 is 17.7 Å². The normalized spacial score (nSPS) is 16.2. The first kappa shape index (κ1) is 20.9. The molecule has 0 saturated heterocycles. The summed E-state index contributed by atoms with van der Waals surface area (Å²) < 4.78 is 10.1. The third-order valence-electron chi connectivity index (χ3n) is 4.64. The zero-order valence-corrected chi connectivity index (χ0v) is 16.0. The minimum atomic E-state index is -2.78. The van der Waals surface area contributed by atoms with Crippen LogP contribution in [0.25, 0.3) is 0 Å². The Morgan fingerprint density at radius 2 is 1.76 bits per heavy atom. The minimum absolute atomic E-state index is 0.0410. The van der Waals surface area contributed by atoms with Crippen LogP contribution in [0.3, 0.4) is 0 Å². The van der Waals surface area contributed by atoms with E-state index in [1.54, 1.807) is 30.3 Å². The van der Waals surface area contributed by atoms with Crippen molar-refractivity contribution in [1.29, 1.82) is 0 Å². The summed E-state index contributed by atoms with van der Waals surface area (Å²) in [6.45, 7) is 0. The van der Waals surface area contributed by atoms with Crippen molar-refractivity contribution >= 4 is 23.5 Å². The lowest BCUT2D eigenvalue weighted by atomic mass is 9.97. The smallest absolute Gasteiger partial charge is 0.453 e. The number of aryl methyl sites for hydroxylation is 1. The molecule has 2 aromatic rings. The van der Waals surface area contributed by atoms with E-state index in [4.69, 9.17) is 37.0 Å². The average Bonchev–Trinajstić information content (AvgIpc) is 3.07. The average molecular weight is 422 g/mol. The molecule has 8 nitrogen and oxygen atoms in total. The zero-order chi connectivity index (χ0) is 21.2. The summed E-state index contributed by atoms with van der Waals surface area (Å²) >= 11 is 5.93. The number of nitrogens with two attached hydrogens (primary N) is 1. The van der Waals surface area contributed by atoms with Crippen molar-refractivity contribution in [3.63, 3.8) is 0 Å². The van der Waals surface area contributed by atoms with Crippen LogP contribution in [-0.4, -0.2) is 39.1 Å². The molecule has 29 heavy (non-hydrogen) atoms. The number of halogens is 1. The highest BCUT2D eigenvalue weighted by atomic mass is 35.5. The molecule has 0 amide bonds. The maximum absolute atomic E-state index is 11.3. The minimum Gasteiger partial charge on any atom is -0.475 e. The first-order chi connectivity index (χ1) is 13.7. The van der Waals surface area contributed by atoms with Gasteiger partial charge in [0.1, 0.15) is 0 Å². The van der Waals surface area contributed by atoms with E-state index < -0.39 is 23.8 Å². The van der Waals surface area contributed by atoms with Gasteiger partial charge in [-0.25, -0.2) is 9.59 Å². The van der Waals surface area contributed by atoms with Gasteiger partial charge in [0, 0.05) is 11.1 Å². The van der Waals surface area contributed by atoms with Gasteiger partial charge in [-0.2, -0.15) is 0 Å². The highest BCUT2D eigenvalue weighted by molar-refractivity contribution is 6.30. The molecule has 0 saturated carbocycles. The van der Waals surface area contributed by atoms with E-state index in [9.17, 15) is 14.7 Å².